The number of rotatable bonds is 5. The fourth-order valence-electron chi connectivity index (χ4n) is 7.12. The zero-order valence-electron chi connectivity index (χ0n) is 26.9. The molecule has 7 aromatic carbocycles. The lowest BCUT2D eigenvalue weighted by molar-refractivity contribution is 1.24. The van der Waals surface area contributed by atoms with Crippen molar-refractivity contribution in [3.05, 3.63) is 170 Å². The number of thiophene rings is 2. The smallest absolute Gasteiger partial charge is 0.161 e. The summed E-state index contributed by atoms with van der Waals surface area (Å²) in [5.74, 6) is 0.737. The molecule has 0 saturated carbocycles. The minimum atomic E-state index is 0.737. The van der Waals surface area contributed by atoms with Gasteiger partial charge in [0.1, 0.15) is 4.83 Å². The van der Waals surface area contributed by atoms with Crippen LogP contribution in [0.15, 0.2) is 170 Å². The molecule has 0 N–H and O–H groups in total. The first-order chi connectivity index (χ1) is 24.8. The lowest BCUT2D eigenvalue weighted by Crippen LogP contribution is -1.94. The number of hydrogen-bond acceptors (Lipinski definition) is 4. The van der Waals surface area contributed by atoms with Crippen LogP contribution in [0.1, 0.15) is 0 Å². The van der Waals surface area contributed by atoms with Gasteiger partial charge >= 0.3 is 0 Å². The zero-order valence-corrected chi connectivity index (χ0v) is 28.5. The van der Waals surface area contributed by atoms with Gasteiger partial charge in [-0.25, -0.2) is 9.97 Å². The van der Waals surface area contributed by atoms with E-state index in [9.17, 15) is 0 Å². The second-order valence-corrected chi connectivity index (χ2v) is 14.6. The van der Waals surface area contributed by atoms with Crippen molar-refractivity contribution in [1.29, 1.82) is 0 Å². The van der Waals surface area contributed by atoms with Crippen molar-refractivity contribution in [1.82, 2.24) is 9.97 Å². The number of fused-ring (bicyclic) bond motifs is 6. The molecule has 50 heavy (non-hydrogen) atoms. The van der Waals surface area contributed by atoms with Crippen LogP contribution in [-0.2, 0) is 0 Å². The number of aromatic nitrogens is 2. The van der Waals surface area contributed by atoms with Gasteiger partial charge in [0, 0.05) is 46.8 Å². The molecule has 0 amide bonds. The Kier molecular flexibility index (Phi) is 6.90. The van der Waals surface area contributed by atoms with Crippen molar-refractivity contribution in [2.45, 2.75) is 0 Å². The molecular weight excluding hydrogens is 645 g/mol. The van der Waals surface area contributed by atoms with E-state index in [-0.39, 0.29) is 0 Å². The Balaban J connectivity index is 1.12. The van der Waals surface area contributed by atoms with Crippen LogP contribution in [0, 0.1) is 0 Å². The Morgan fingerprint density at radius 3 is 1.70 bits per heavy atom. The van der Waals surface area contributed by atoms with Crippen LogP contribution in [0.3, 0.4) is 0 Å². The molecule has 4 heteroatoms. The van der Waals surface area contributed by atoms with E-state index in [0.717, 1.165) is 44.0 Å². The monoisotopic (exact) mass is 672 g/mol. The number of hydrogen-bond donors (Lipinski definition) is 0. The van der Waals surface area contributed by atoms with E-state index in [4.69, 9.17) is 9.97 Å². The molecule has 0 aliphatic carbocycles. The second kappa shape index (κ2) is 11.9. The van der Waals surface area contributed by atoms with Gasteiger partial charge in [0.25, 0.3) is 0 Å². The highest BCUT2D eigenvalue weighted by molar-refractivity contribution is 7.26. The first-order valence-electron chi connectivity index (χ1n) is 16.7. The maximum atomic E-state index is 5.35. The van der Waals surface area contributed by atoms with Crippen molar-refractivity contribution in [2.24, 2.45) is 0 Å². The molecule has 0 fully saturated rings. The van der Waals surface area contributed by atoms with Gasteiger partial charge in [0.05, 0.1) is 5.69 Å². The van der Waals surface area contributed by atoms with Gasteiger partial charge in [-0.2, -0.15) is 0 Å². The minimum Gasteiger partial charge on any atom is -0.227 e. The topological polar surface area (TPSA) is 25.8 Å². The van der Waals surface area contributed by atoms with Gasteiger partial charge in [-0.1, -0.05) is 140 Å². The van der Waals surface area contributed by atoms with Crippen LogP contribution < -0.4 is 0 Å². The molecule has 0 atom stereocenters. The summed E-state index contributed by atoms with van der Waals surface area (Å²) in [5.41, 5.74) is 10.2. The Morgan fingerprint density at radius 1 is 0.360 bits per heavy atom. The summed E-state index contributed by atoms with van der Waals surface area (Å²) in [7, 11) is 0. The first kappa shape index (κ1) is 29.0. The Morgan fingerprint density at radius 2 is 0.900 bits per heavy atom. The second-order valence-electron chi connectivity index (χ2n) is 12.6. The largest absolute Gasteiger partial charge is 0.227 e. The SMILES string of the molecule is c1ccc(-c2cccc(-c3nc(-c4cccc(-c5cccc(-c6cccc7c6sc6ccccc67)c5)c4)c4c(n3)sc3ccccc34)c2)cc1. The van der Waals surface area contributed by atoms with Crippen LogP contribution in [0.5, 0.6) is 0 Å². The quantitative estimate of drug-likeness (QED) is 0.182. The highest BCUT2D eigenvalue weighted by atomic mass is 32.1. The maximum absolute atomic E-state index is 5.35. The van der Waals surface area contributed by atoms with Crippen LogP contribution in [-0.4, -0.2) is 9.97 Å². The molecule has 0 radical (unpaired) electrons. The summed E-state index contributed by atoms with van der Waals surface area (Å²) < 4.78 is 3.87. The Bertz CT molecular complexity index is 2880. The van der Waals surface area contributed by atoms with E-state index in [2.05, 4.69) is 164 Å². The molecule has 0 bridgehead atoms. The third kappa shape index (κ3) is 4.92. The average molecular weight is 673 g/mol. The predicted molar refractivity (Wildman–Crippen MR) is 215 cm³/mol. The van der Waals surface area contributed by atoms with Gasteiger partial charge in [-0.3, -0.25) is 0 Å². The summed E-state index contributed by atoms with van der Waals surface area (Å²) in [6.45, 7) is 0. The van der Waals surface area contributed by atoms with Gasteiger partial charge in [0.2, 0.25) is 0 Å². The van der Waals surface area contributed by atoms with E-state index in [1.165, 1.54) is 52.5 Å². The van der Waals surface area contributed by atoms with Crippen LogP contribution in [0.4, 0.5) is 0 Å². The number of benzene rings is 7. The maximum Gasteiger partial charge on any atom is 0.161 e. The molecule has 0 saturated heterocycles. The third-order valence-corrected chi connectivity index (χ3v) is 11.8. The Labute approximate surface area is 297 Å². The fraction of sp³-hybridized carbons (Fsp3) is 0. The fourth-order valence-corrected chi connectivity index (χ4v) is 9.43. The summed E-state index contributed by atoms with van der Waals surface area (Å²) in [6, 6.07) is 60.8. The van der Waals surface area contributed by atoms with E-state index in [1.54, 1.807) is 11.3 Å². The van der Waals surface area contributed by atoms with E-state index in [0.29, 0.717) is 0 Å². The summed E-state index contributed by atoms with van der Waals surface area (Å²) in [4.78, 5) is 11.5. The van der Waals surface area contributed by atoms with Crippen molar-refractivity contribution in [3.8, 4) is 56.0 Å². The van der Waals surface area contributed by atoms with Gasteiger partial charge < -0.3 is 0 Å². The van der Waals surface area contributed by atoms with Crippen LogP contribution >= 0.6 is 22.7 Å². The van der Waals surface area contributed by atoms with E-state index < -0.39 is 0 Å². The van der Waals surface area contributed by atoms with Crippen molar-refractivity contribution < 1.29 is 0 Å². The normalized spacial score (nSPS) is 11.6. The van der Waals surface area contributed by atoms with Crippen molar-refractivity contribution in [2.75, 3.05) is 0 Å². The van der Waals surface area contributed by atoms with Crippen LogP contribution in [0.25, 0.3) is 96.5 Å². The third-order valence-electron chi connectivity index (χ3n) is 9.51. The molecule has 0 unspecified atom stereocenters. The molecule has 10 rings (SSSR count). The summed E-state index contributed by atoms with van der Waals surface area (Å²) in [5, 5.41) is 4.93. The molecular formula is C46H28N2S2. The summed E-state index contributed by atoms with van der Waals surface area (Å²) in [6.07, 6.45) is 0. The average Bonchev–Trinajstić information content (AvgIpc) is 3.77. The van der Waals surface area contributed by atoms with E-state index in [1.807, 2.05) is 17.4 Å². The molecule has 10 aromatic rings. The molecule has 0 spiro atoms. The predicted octanol–water partition coefficient (Wildman–Crippen LogP) is 13.5. The molecule has 3 heterocycles. The van der Waals surface area contributed by atoms with E-state index >= 15 is 0 Å². The molecule has 2 nitrogen and oxygen atoms in total. The first-order valence-corrected chi connectivity index (χ1v) is 18.4. The van der Waals surface area contributed by atoms with Gasteiger partial charge in [0.15, 0.2) is 5.82 Å². The number of nitrogens with zero attached hydrogens (tertiary/aromatic N) is 2. The highest BCUT2D eigenvalue weighted by Crippen LogP contribution is 2.42. The molecule has 234 valence electrons. The molecule has 3 aromatic heterocycles. The summed E-state index contributed by atoms with van der Waals surface area (Å²) >= 11 is 3.61. The highest BCUT2D eigenvalue weighted by Gasteiger charge is 2.18. The lowest BCUT2D eigenvalue weighted by Gasteiger charge is -2.11. The Hall–Kier alpha value is -5.94. The van der Waals surface area contributed by atoms with Crippen LogP contribution in [0.2, 0.25) is 0 Å². The molecule has 0 aliphatic heterocycles. The van der Waals surface area contributed by atoms with Crippen molar-refractivity contribution >= 4 is 63.1 Å². The van der Waals surface area contributed by atoms with Crippen molar-refractivity contribution in [3.63, 3.8) is 0 Å². The standard InChI is InChI=1S/C46H28N2S2/c1-2-12-29(13-3-1)30-14-10-19-35(28-30)45-47-43(42-39-21-5-7-25-41(39)50-46(42)48-45)34-18-9-16-32(27-34)31-15-8-17-33(26-31)36-22-11-23-38-37-20-4-6-24-40(37)49-44(36)38/h1-28H. The van der Waals surface area contributed by atoms with Gasteiger partial charge in [-0.15, -0.1) is 22.7 Å². The minimum absolute atomic E-state index is 0.737. The lowest BCUT2D eigenvalue weighted by atomic mass is 9.96. The zero-order chi connectivity index (χ0) is 33.0. The van der Waals surface area contributed by atoms with Gasteiger partial charge in [-0.05, 0) is 63.7 Å². The molecule has 0 aliphatic rings.